The Morgan fingerprint density at radius 2 is 2.16 bits per heavy atom. The predicted molar refractivity (Wildman–Crippen MR) is 79.6 cm³/mol. The van der Waals surface area contributed by atoms with Crippen LogP contribution in [0.2, 0.25) is 0 Å². The highest BCUT2D eigenvalue weighted by atomic mass is 32.2. The maximum absolute atomic E-state index is 9.24. The van der Waals surface area contributed by atoms with E-state index in [0.717, 1.165) is 11.1 Å². The number of benzene rings is 1. The second-order valence-corrected chi connectivity index (χ2v) is 5.35. The second-order valence-electron chi connectivity index (χ2n) is 4.27. The van der Waals surface area contributed by atoms with E-state index in [1.807, 2.05) is 37.4 Å². The van der Waals surface area contributed by atoms with E-state index >= 15 is 0 Å². The van der Waals surface area contributed by atoms with Gasteiger partial charge in [0.2, 0.25) is 0 Å². The first kappa shape index (κ1) is 15.8. The number of nitrogens with one attached hydrogen (secondary N) is 1. The van der Waals surface area contributed by atoms with Gasteiger partial charge in [-0.25, -0.2) is 0 Å². The van der Waals surface area contributed by atoms with Crippen LogP contribution in [0.5, 0.6) is 0 Å². The summed E-state index contributed by atoms with van der Waals surface area (Å²) in [7, 11) is 0. The minimum atomic E-state index is 0.105. The topological polar surface area (TPSA) is 90.9 Å². The summed E-state index contributed by atoms with van der Waals surface area (Å²) in [5.41, 5.74) is 7.32. The van der Waals surface area contributed by atoms with Crippen LogP contribution in [-0.2, 0) is 6.54 Å². The molecule has 106 valence electrons. The number of hydrogen-bond donors (Lipinski definition) is 4. The lowest BCUT2D eigenvalue weighted by Gasteiger charge is -2.22. The molecule has 0 fully saturated rings. The Bertz CT molecular complexity index is 422. The molecule has 2 atom stereocenters. The van der Waals surface area contributed by atoms with Gasteiger partial charge in [0.05, 0.1) is 6.61 Å². The van der Waals surface area contributed by atoms with Crippen LogP contribution >= 0.6 is 11.8 Å². The zero-order valence-electron chi connectivity index (χ0n) is 11.2. The van der Waals surface area contributed by atoms with Gasteiger partial charge in [0.15, 0.2) is 5.84 Å². The summed E-state index contributed by atoms with van der Waals surface area (Å²) >= 11 is 1.63. The van der Waals surface area contributed by atoms with Crippen molar-refractivity contribution in [2.75, 3.05) is 12.9 Å². The van der Waals surface area contributed by atoms with E-state index in [4.69, 9.17) is 10.9 Å². The summed E-state index contributed by atoms with van der Waals surface area (Å²) in [6.45, 7) is 2.77. The van der Waals surface area contributed by atoms with Gasteiger partial charge in [0, 0.05) is 23.4 Å². The molecule has 0 spiro atoms. The number of oxime groups is 1. The zero-order valence-corrected chi connectivity index (χ0v) is 12.0. The Morgan fingerprint density at radius 3 is 2.74 bits per heavy atom. The summed E-state index contributed by atoms with van der Waals surface area (Å²) in [4.78, 5) is 0. The van der Waals surface area contributed by atoms with Crippen LogP contribution in [0.3, 0.4) is 0 Å². The lowest BCUT2D eigenvalue weighted by molar-refractivity contribution is 0.276. The van der Waals surface area contributed by atoms with Crippen molar-refractivity contribution in [1.29, 1.82) is 0 Å². The van der Waals surface area contributed by atoms with Crippen molar-refractivity contribution in [2.45, 2.75) is 24.8 Å². The molecular weight excluding hydrogens is 262 g/mol. The largest absolute Gasteiger partial charge is 0.409 e. The molecule has 0 heterocycles. The standard InChI is InChI=1S/C13H21N3O2S/c1-9(12(8-17)19-2)15-7-10-5-3-4-6-11(10)13(14)16-18/h3-6,9,12,15,17-18H,7-8H2,1-2H3,(H2,14,16). The first-order chi connectivity index (χ1) is 9.13. The van der Waals surface area contributed by atoms with Gasteiger partial charge in [-0.15, -0.1) is 0 Å². The molecule has 5 nitrogen and oxygen atoms in total. The van der Waals surface area contributed by atoms with E-state index in [0.29, 0.717) is 6.54 Å². The highest BCUT2D eigenvalue weighted by Gasteiger charge is 2.15. The molecule has 6 heteroatoms. The van der Waals surface area contributed by atoms with Crippen molar-refractivity contribution in [2.24, 2.45) is 10.9 Å². The Balaban J connectivity index is 2.73. The molecule has 0 bridgehead atoms. The van der Waals surface area contributed by atoms with Gasteiger partial charge in [0.25, 0.3) is 0 Å². The van der Waals surface area contributed by atoms with E-state index in [1.165, 1.54) is 0 Å². The van der Waals surface area contributed by atoms with Gasteiger partial charge in [-0.2, -0.15) is 11.8 Å². The molecule has 1 aromatic carbocycles. The summed E-state index contributed by atoms with van der Waals surface area (Å²) in [5.74, 6) is 0.105. The van der Waals surface area contributed by atoms with E-state index in [1.54, 1.807) is 11.8 Å². The predicted octanol–water partition coefficient (Wildman–Crippen LogP) is 0.983. The van der Waals surface area contributed by atoms with Gasteiger partial charge in [-0.05, 0) is 18.7 Å². The molecule has 1 rings (SSSR count). The van der Waals surface area contributed by atoms with E-state index in [2.05, 4.69) is 10.5 Å². The summed E-state index contributed by atoms with van der Waals surface area (Å²) < 4.78 is 0. The highest BCUT2D eigenvalue weighted by molar-refractivity contribution is 7.99. The van der Waals surface area contributed by atoms with Crippen LogP contribution in [-0.4, -0.2) is 40.3 Å². The van der Waals surface area contributed by atoms with Crippen LogP contribution in [0, 0.1) is 0 Å². The SMILES string of the molecule is CSC(CO)C(C)NCc1ccccc1/C(N)=N/O. The smallest absolute Gasteiger partial charge is 0.170 e. The molecule has 0 aliphatic carbocycles. The number of rotatable bonds is 7. The monoisotopic (exact) mass is 283 g/mol. The Kier molecular flexibility index (Phi) is 6.69. The maximum Gasteiger partial charge on any atom is 0.170 e. The van der Waals surface area contributed by atoms with Crippen molar-refractivity contribution in [1.82, 2.24) is 5.32 Å². The van der Waals surface area contributed by atoms with Gasteiger partial charge in [-0.1, -0.05) is 29.4 Å². The second kappa shape index (κ2) is 8.04. The van der Waals surface area contributed by atoms with Crippen molar-refractivity contribution in [3.63, 3.8) is 0 Å². The number of hydrogen-bond acceptors (Lipinski definition) is 5. The van der Waals surface area contributed by atoms with Crippen LogP contribution < -0.4 is 11.1 Å². The molecule has 0 aliphatic heterocycles. The number of thioether (sulfide) groups is 1. The molecule has 0 aromatic heterocycles. The van der Waals surface area contributed by atoms with Crippen LogP contribution in [0.1, 0.15) is 18.1 Å². The van der Waals surface area contributed by atoms with Crippen molar-refractivity contribution < 1.29 is 10.3 Å². The fraction of sp³-hybridized carbons (Fsp3) is 0.462. The van der Waals surface area contributed by atoms with E-state index < -0.39 is 0 Å². The maximum atomic E-state index is 9.24. The fourth-order valence-electron chi connectivity index (χ4n) is 1.82. The summed E-state index contributed by atoms with van der Waals surface area (Å²) in [6, 6.07) is 7.67. The first-order valence-electron chi connectivity index (χ1n) is 6.06. The summed E-state index contributed by atoms with van der Waals surface area (Å²) in [6.07, 6.45) is 1.98. The number of amidine groups is 1. The number of nitrogens with two attached hydrogens (primary N) is 1. The molecular formula is C13H21N3O2S. The lowest BCUT2D eigenvalue weighted by Crippen LogP contribution is -2.37. The third-order valence-electron chi connectivity index (χ3n) is 3.06. The molecule has 2 unspecified atom stereocenters. The van der Waals surface area contributed by atoms with Crippen LogP contribution in [0.25, 0.3) is 0 Å². The zero-order chi connectivity index (χ0) is 14.3. The third-order valence-corrected chi connectivity index (χ3v) is 4.22. The minimum absolute atomic E-state index is 0.105. The van der Waals surface area contributed by atoms with Gasteiger partial charge >= 0.3 is 0 Å². The molecule has 0 amide bonds. The summed E-state index contributed by atoms with van der Waals surface area (Å²) in [5, 5.41) is 24.5. The van der Waals surface area contributed by atoms with Crippen LogP contribution in [0.4, 0.5) is 0 Å². The Morgan fingerprint density at radius 1 is 1.47 bits per heavy atom. The Labute approximate surface area is 117 Å². The van der Waals surface area contributed by atoms with Gasteiger partial charge in [-0.3, -0.25) is 0 Å². The number of aliphatic hydroxyl groups is 1. The quantitative estimate of drug-likeness (QED) is 0.259. The van der Waals surface area contributed by atoms with Crippen LogP contribution in [0.15, 0.2) is 29.4 Å². The molecule has 19 heavy (non-hydrogen) atoms. The highest BCUT2D eigenvalue weighted by Crippen LogP contribution is 2.13. The lowest BCUT2D eigenvalue weighted by atomic mass is 10.1. The van der Waals surface area contributed by atoms with Gasteiger partial charge in [0.1, 0.15) is 0 Å². The van der Waals surface area contributed by atoms with Crippen molar-refractivity contribution in [3.8, 4) is 0 Å². The fourth-order valence-corrected chi connectivity index (χ4v) is 2.47. The molecule has 1 aromatic rings. The number of aliphatic hydroxyl groups excluding tert-OH is 1. The third kappa shape index (κ3) is 4.41. The van der Waals surface area contributed by atoms with Crippen molar-refractivity contribution >= 4 is 17.6 Å². The Hall–Kier alpha value is -1.24. The normalized spacial score (nSPS) is 15.2. The molecule has 0 saturated carbocycles. The molecule has 0 radical (unpaired) electrons. The molecule has 5 N–H and O–H groups in total. The van der Waals surface area contributed by atoms with E-state index in [9.17, 15) is 5.11 Å². The van der Waals surface area contributed by atoms with E-state index in [-0.39, 0.29) is 23.7 Å². The molecule has 0 aliphatic rings. The average Bonchev–Trinajstić information content (AvgIpc) is 2.45. The molecule has 0 saturated heterocycles. The van der Waals surface area contributed by atoms with Crippen molar-refractivity contribution in [3.05, 3.63) is 35.4 Å². The number of nitrogens with zero attached hydrogens (tertiary/aromatic N) is 1. The average molecular weight is 283 g/mol. The minimum Gasteiger partial charge on any atom is -0.409 e. The van der Waals surface area contributed by atoms with Gasteiger partial charge < -0.3 is 21.4 Å². The first-order valence-corrected chi connectivity index (χ1v) is 7.35.